The highest BCUT2D eigenvalue weighted by molar-refractivity contribution is 8.15. The average molecular weight is 473 g/mol. The zero-order valence-corrected chi connectivity index (χ0v) is 19.7. The van der Waals surface area contributed by atoms with Crippen molar-refractivity contribution >= 4 is 44.0 Å². The number of amidine groups is 1. The van der Waals surface area contributed by atoms with Crippen LogP contribution in [0.25, 0.3) is 0 Å². The molecule has 0 aromatic heterocycles. The maximum Gasteiger partial charge on any atom is 0.251 e. The van der Waals surface area contributed by atoms with E-state index in [1.807, 2.05) is 30.3 Å². The summed E-state index contributed by atoms with van der Waals surface area (Å²) in [6, 6.07) is 17.4. The lowest BCUT2D eigenvalue weighted by Gasteiger charge is -2.23. The Morgan fingerprint density at radius 2 is 1.97 bits per heavy atom. The van der Waals surface area contributed by atoms with E-state index in [0.29, 0.717) is 17.3 Å². The number of amides is 1. The van der Waals surface area contributed by atoms with E-state index in [-0.39, 0.29) is 28.7 Å². The average Bonchev–Trinajstić information content (AvgIpc) is 3.26. The minimum atomic E-state index is -2.97. The number of fused-ring (bicyclic) bond motifs is 1. The minimum Gasteiger partial charge on any atom is -0.372 e. The van der Waals surface area contributed by atoms with Gasteiger partial charge in [-0.3, -0.25) is 9.79 Å². The number of benzene rings is 2. The van der Waals surface area contributed by atoms with Crippen molar-refractivity contribution in [3.8, 4) is 0 Å². The number of hydrogen-bond acceptors (Lipinski definition) is 7. The molecule has 7 nitrogen and oxygen atoms in total. The zero-order chi connectivity index (χ0) is 22.6. The molecule has 2 aliphatic heterocycles. The first-order valence-corrected chi connectivity index (χ1v) is 13.5. The van der Waals surface area contributed by atoms with Gasteiger partial charge in [-0.2, -0.15) is 0 Å². The van der Waals surface area contributed by atoms with Crippen molar-refractivity contribution in [3.05, 3.63) is 60.2 Å². The van der Waals surface area contributed by atoms with E-state index in [1.165, 1.54) is 17.4 Å². The Morgan fingerprint density at radius 1 is 1.16 bits per heavy atom. The van der Waals surface area contributed by atoms with Crippen LogP contribution in [-0.4, -0.2) is 61.9 Å². The number of sulfone groups is 1. The van der Waals surface area contributed by atoms with E-state index >= 15 is 0 Å². The van der Waals surface area contributed by atoms with Gasteiger partial charge in [0.1, 0.15) is 0 Å². The third-order valence-corrected chi connectivity index (χ3v) is 8.73. The number of thioether (sulfide) groups is 1. The number of aliphatic imine (C=N–C) groups is 1. The van der Waals surface area contributed by atoms with Crippen molar-refractivity contribution in [1.29, 1.82) is 0 Å². The van der Waals surface area contributed by atoms with E-state index in [1.54, 1.807) is 12.1 Å². The molecule has 0 saturated carbocycles. The summed E-state index contributed by atoms with van der Waals surface area (Å²) in [5, 5.41) is 6.94. The Balaban J connectivity index is 1.26. The number of carbonyl (C=O) groups is 1. The predicted molar refractivity (Wildman–Crippen MR) is 133 cm³/mol. The normalized spacial score (nSPS) is 21.0. The summed E-state index contributed by atoms with van der Waals surface area (Å²) in [5.74, 6) is 0.192. The molecule has 0 unspecified atom stereocenters. The van der Waals surface area contributed by atoms with E-state index in [4.69, 9.17) is 0 Å². The van der Waals surface area contributed by atoms with Crippen molar-refractivity contribution in [2.45, 2.75) is 24.6 Å². The van der Waals surface area contributed by atoms with Gasteiger partial charge in [-0.05, 0) is 43.7 Å². The number of nitrogens with zero attached hydrogens (tertiary/aromatic N) is 2. The highest BCUT2D eigenvalue weighted by Gasteiger charge is 2.42. The molecule has 2 N–H and O–H groups in total. The topological polar surface area (TPSA) is 90.9 Å². The highest BCUT2D eigenvalue weighted by atomic mass is 32.2. The Bertz CT molecular complexity index is 1090. The van der Waals surface area contributed by atoms with Crippen molar-refractivity contribution < 1.29 is 13.2 Å². The fourth-order valence-electron chi connectivity index (χ4n) is 3.96. The number of hydrogen-bond donors (Lipinski definition) is 2. The number of carbonyl (C=O) groups excluding carboxylic acids is 1. The van der Waals surface area contributed by atoms with Gasteiger partial charge in [-0.25, -0.2) is 8.42 Å². The van der Waals surface area contributed by atoms with Gasteiger partial charge < -0.3 is 15.5 Å². The van der Waals surface area contributed by atoms with Crippen LogP contribution in [0.3, 0.4) is 0 Å². The molecule has 170 valence electrons. The Kier molecular flexibility index (Phi) is 7.05. The molecular formula is C23H28N4O3S2. The zero-order valence-electron chi connectivity index (χ0n) is 18.0. The molecule has 4 rings (SSSR count). The summed E-state index contributed by atoms with van der Waals surface area (Å²) in [6.07, 6.45) is 0.853. The molecule has 1 fully saturated rings. The van der Waals surface area contributed by atoms with E-state index < -0.39 is 9.84 Å². The second-order valence-corrected chi connectivity index (χ2v) is 11.3. The Hall–Kier alpha value is -2.52. The molecule has 2 atom stereocenters. The summed E-state index contributed by atoms with van der Waals surface area (Å²) in [6.45, 7) is 4.52. The van der Waals surface area contributed by atoms with Crippen molar-refractivity contribution in [2.75, 3.05) is 41.4 Å². The summed E-state index contributed by atoms with van der Waals surface area (Å²) in [5.41, 5.74) is 2.54. The molecule has 0 spiro atoms. The molecule has 0 radical (unpaired) electrons. The van der Waals surface area contributed by atoms with E-state index in [2.05, 4.69) is 39.6 Å². The van der Waals surface area contributed by atoms with Gasteiger partial charge in [-0.1, -0.05) is 36.0 Å². The third-order valence-electron chi connectivity index (χ3n) is 5.59. The van der Waals surface area contributed by atoms with Crippen LogP contribution < -0.4 is 15.5 Å². The minimum absolute atomic E-state index is 0.00689. The fourth-order valence-corrected chi connectivity index (χ4v) is 7.64. The van der Waals surface area contributed by atoms with Gasteiger partial charge in [0.25, 0.3) is 5.91 Å². The summed E-state index contributed by atoms with van der Waals surface area (Å²) in [4.78, 5) is 19.4. The first-order chi connectivity index (χ1) is 15.4. The van der Waals surface area contributed by atoms with Crippen LogP contribution in [0.15, 0.2) is 59.6 Å². The van der Waals surface area contributed by atoms with Crippen molar-refractivity contribution in [1.82, 2.24) is 5.32 Å². The van der Waals surface area contributed by atoms with Gasteiger partial charge in [0.05, 0.1) is 17.5 Å². The van der Waals surface area contributed by atoms with E-state index in [9.17, 15) is 13.2 Å². The second-order valence-electron chi connectivity index (χ2n) is 7.97. The van der Waals surface area contributed by atoms with Crippen LogP contribution in [0, 0.1) is 0 Å². The first-order valence-electron chi connectivity index (χ1n) is 10.8. The Morgan fingerprint density at radius 3 is 2.72 bits per heavy atom. The number of anilines is 2. The molecule has 1 saturated heterocycles. The molecule has 2 aliphatic rings. The quantitative estimate of drug-likeness (QED) is 0.574. The molecule has 32 heavy (non-hydrogen) atoms. The maximum absolute atomic E-state index is 12.6. The van der Waals surface area contributed by atoms with Crippen LogP contribution in [0.2, 0.25) is 0 Å². The highest BCUT2D eigenvalue weighted by Crippen LogP contribution is 2.34. The molecule has 2 heterocycles. The van der Waals surface area contributed by atoms with Crippen LogP contribution in [0.4, 0.5) is 11.4 Å². The summed E-state index contributed by atoms with van der Waals surface area (Å²) in [7, 11) is -2.97. The predicted octanol–water partition coefficient (Wildman–Crippen LogP) is 3.01. The van der Waals surface area contributed by atoms with Crippen LogP contribution >= 0.6 is 11.8 Å². The standard InChI is InChI=1S/C23H28N4O3S2/c1-2-27(19-10-4-3-5-11-19)13-7-12-24-22(28)17-8-6-9-18(14-17)25-23-26-20-15-32(29,30)16-21(20)31-23/h3-6,8-11,14,20-21H,2,7,12-13,15-16H2,1H3,(H,24,28)(H,25,26)/t20-,21+/m1/s1. The molecule has 9 heteroatoms. The summed E-state index contributed by atoms with van der Waals surface area (Å²) >= 11 is 1.47. The first kappa shape index (κ1) is 22.7. The molecule has 1 amide bonds. The number of rotatable bonds is 8. The smallest absolute Gasteiger partial charge is 0.251 e. The number of nitrogens with one attached hydrogen (secondary N) is 2. The maximum atomic E-state index is 12.6. The molecule has 0 aliphatic carbocycles. The molecule has 0 bridgehead atoms. The lowest BCUT2D eigenvalue weighted by Crippen LogP contribution is -2.30. The van der Waals surface area contributed by atoms with Gasteiger partial charge in [0.15, 0.2) is 15.0 Å². The molecular weight excluding hydrogens is 444 g/mol. The van der Waals surface area contributed by atoms with Gasteiger partial charge >= 0.3 is 0 Å². The van der Waals surface area contributed by atoms with Gasteiger partial charge in [0, 0.05) is 41.8 Å². The van der Waals surface area contributed by atoms with Crippen molar-refractivity contribution in [2.24, 2.45) is 4.99 Å². The molecule has 2 aromatic carbocycles. The second kappa shape index (κ2) is 9.95. The van der Waals surface area contributed by atoms with Gasteiger partial charge in [0.2, 0.25) is 0 Å². The number of para-hydroxylation sites is 1. The van der Waals surface area contributed by atoms with Gasteiger partial charge in [-0.15, -0.1) is 0 Å². The van der Waals surface area contributed by atoms with Crippen LogP contribution in [0.5, 0.6) is 0 Å². The Labute approximate surface area is 193 Å². The third kappa shape index (κ3) is 5.63. The van der Waals surface area contributed by atoms with Crippen molar-refractivity contribution in [3.63, 3.8) is 0 Å². The lowest BCUT2D eigenvalue weighted by atomic mass is 10.2. The monoisotopic (exact) mass is 472 g/mol. The lowest BCUT2D eigenvalue weighted by molar-refractivity contribution is 0.0953. The summed E-state index contributed by atoms with van der Waals surface area (Å²) < 4.78 is 23.4. The van der Waals surface area contributed by atoms with Crippen LogP contribution in [-0.2, 0) is 9.84 Å². The fraction of sp³-hybridized carbons (Fsp3) is 0.391. The SMILES string of the molecule is CCN(CCCNC(=O)c1cccc(NC2=N[C@@H]3CS(=O)(=O)C[C@@H]3S2)c1)c1ccccc1. The van der Waals surface area contributed by atoms with Crippen LogP contribution in [0.1, 0.15) is 23.7 Å². The molecule has 2 aromatic rings. The van der Waals surface area contributed by atoms with E-state index in [0.717, 1.165) is 25.2 Å². The largest absolute Gasteiger partial charge is 0.372 e.